The van der Waals surface area contributed by atoms with Crippen LogP contribution in [0.25, 0.3) is 0 Å². The van der Waals surface area contributed by atoms with Gasteiger partial charge in [0.25, 0.3) is 0 Å². The van der Waals surface area contributed by atoms with E-state index in [2.05, 4.69) is 13.8 Å². The van der Waals surface area contributed by atoms with Crippen LogP contribution in [0.5, 0.6) is 0 Å². The first-order valence-corrected chi connectivity index (χ1v) is 5.73. The second kappa shape index (κ2) is 6.67. The molecule has 4 heteroatoms. The van der Waals surface area contributed by atoms with E-state index < -0.39 is 0 Å². The van der Waals surface area contributed by atoms with Gasteiger partial charge in [-0.15, -0.1) is 0 Å². The molecule has 0 aromatic heterocycles. The molecule has 0 saturated carbocycles. The molecular formula is C11H21NO3. The lowest BCUT2D eigenvalue weighted by molar-refractivity contribution is 0.0259. The molecule has 1 rings (SSSR count). The first kappa shape index (κ1) is 12.3. The van der Waals surface area contributed by atoms with Crippen LogP contribution in [0.4, 0.5) is 4.79 Å². The Kier molecular flexibility index (Phi) is 5.47. The molecule has 0 aromatic carbocycles. The lowest BCUT2D eigenvalue weighted by atomic mass is 10.1. The molecule has 1 aliphatic rings. The van der Waals surface area contributed by atoms with Gasteiger partial charge >= 0.3 is 6.09 Å². The second-order valence-electron chi connectivity index (χ2n) is 4.02. The third-order valence-corrected chi connectivity index (χ3v) is 2.80. The summed E-state index contributed by atoms with van der Waals surface area (Å²) in [6, 6.07) is 0. The number of carbonyl (C=O) groups excluding carboxylic acids is 1. The molecule has 88 valence electrons. The van der Waals surface area contributed by atoms with E-state index in [0.29, 0.717) is 38.8 Å². The molecule has 0 spiro atoms. The Bertz CT molecular complexity index is 190. The van der Waals surface area contributed by atoms with E-state index in [0.717, 1.165) is 12.8 Å². The predicted molar refractivity (Wildman–Crippen MR) is 57.8 cm³/mol. The van der Waals surface area contributed by atoms with Gasteiger partial charge in [0, 0.05) is 13.1 Å². The zero-order valence-electron chi connectivity index (χ0n) is 9.70. The SMILES string of the molecule is CCC(C)CCOC(=O)N1CCOCC1. The minimum atomic E-state index is -0.193. The number of amides is 1. The molecule has 0 aliphatic carbocycles. The van der Waals surface area contributed by atoms with Crippen molar-refractivity contribution < 1.29 is 14.3 Å². The Balaban J connectivity index is 2.12. The summed E-state index contributed by atoms with van der Waals surface area (Å²) in [6.45, 7) is 7.41. The van der Waals surface area contributed by atoms with Gasteiger partial charge in [-0.2, -0.15) is 0 Å². The fourth-order valence-electron chi connectivity index (χ4n) is 1.39. The highest BCUT2D eigenvalue weighted by Crippen LogP contribution is 2.07. The van der Waals surface area contributed by atoms with Gasteiger partial charge in [0.2, 0.25) is 0 Å². The van der Waals surface area contributed by atoms with Crippen molar-refractivity contribution in [1.29, 1.82) is 0 Å². The van der Waals surface area contributed by atoms with Gasteiger partial charge in [0.1, 0.15) is 0 Å². The highest BCUT2D eigenvalue weighted by Gasteiger charge is 2.17. The number of hydrogen-bond acceptors (Lipinski definition) is 3. The van der Waals surface area contributed by atoms with Crippen LogP contribution in [0.3, 0.4) is 0 Å². The Morgan fingerprint density at radius 1 is 1.47 bits per heavy atom. The van der Waals surface area contributed by atoms with Crippen LogP contribution in [-0.2, 0) is 9.47 Å². The van der Waals surface area contributed by atoms with Crippen molar-refractivity contribution in [3.05, 3.63) is 0 Å². The van der Waals surface area contributed by atoms with E-state index in [1.165, 1.54) is 0 Å². The molecule has 0 N–H and O–H groups in total. The Morgan fingerprint density at radius 3 is 2.73 bits per heavy atom. The van der Waals surface area contributed by atoms with Gasteiger partial charge in [0.05, 0.1) is 19.8 Å². The van der Waals surface area contributed by atoms with E-state index in [1.807, 2.05) is 0 Å². The Labute approximate surface area is 91.5 Å². The minimum absolute atomic E-state index is 0.193. The highest BCUT2D eigenvalue weighted by atomic mass is 16.6. The summed E-state index contributed by atoms with van der Waals surface area (Å²) < 4.78 is 10.3. The maximum absolute atomic E-state index is 11.5. The van der Waals surface area contributed by atoms with Crippen molar-refractivity contribution >= 4 is 6.09 Å². The van der Waals surface area contributed by atoms with E-state index in [9.17, 15) is 4.79 Å². The maximum atomic E-state index is 11.5. The zero-order chi connectivity index (χ0) is 11.1. The molecule has 1 heterocycles. The van der Waals surface area contributed by atoms with Crippen LogP contribution in [0.15, 0.2) is 0 Å². The van der Waals surface area contributed by atoms with Crippen LogP contribution >= 0.6 is 0 Å². The van der Waals surface area contributed by atoms with Crippen LogP contribution in [0.2, 0.25) is 0 Å². The standard InChI is InChI=1S/C11H21NO3/c1-3-10(2)4-7-15-11(13)12-5-8-14-9-6-12/h10H,3-9H2,1-2H3. The summed E-state index contributed by atoms with van der Waals surface area (Å²) in [7, 11) is 0. The monoisotopic (exact) mass is 215 g/mol. The number of nitrogens with zero attached hydrogens (tertiary/aromatic N) is 1. The zero-order valence-corrected chi connectivity index (χ0v) is 9.70. The minimum Gasteiger partial charge on any atom is -0.449 e. The fraction of sp³-hybridized carbons (Fsp3) is 0.909. The molecule has 0 aromatic rings. The van der Waals surface area contributed by atoms with Crippen LogP contribution in [0.1, 0.15) is 26.7 Å². The number of carbonyl (C=O) groups is 1. The van der Waals surface area contributed by atoms with Crippen molar-refractivity contribution in [2.24, 2.45) is 5.92 Å². The highest BCUT2D eigenvalue weighted by molar-refractivity contribution is 5.67. The number of morpholine rings is 1. The predicted octanol–water partition coefficient (Wildman–Crippen LogP) is 1.89. The van der Waals surface area contributed by atoms with Gasteiger partial charge in [-0.1, -0.05) is 20.3 Å². The largest absolute Gasteiger partial charge is 0.449 e. The molecular weight excluding hydrogens is 194 g/mol. The van der Waals surface area contributed by atoms with E-state index >= 15 is 0 Å². The molecule has 1 atom stereocenters. The quantitative estimate of drug-likeness (QED) is 0.719. The van der Waals surface area contributed by atoms with E-state index in [-0.39, 0.29) is 6.09 Å². The third kappa shape index (κ3) is 4.51. The summed E-state index contributed by atoms with van der Waals surface area (Å²) in [5.74, 6) is 0.627. The maximum Gasteiger partial charge on any atom is 0.409 e. The first-order valence-electron chi connectivity index (χ1n) is 5.73. The summed E-state index contributed by atoms with van der Waals surface area (Å²) >= 11 is 0. The van der Waals surface area contributed by atoms with Crippen molar-refractivity contribution in [1.82, 2.24) is 4.90 Å². The Hall–Kier alpha value is -0.770. The summed E-state index contributed by atoms with van der Waals surface area (Å²) in [5, 5.41) is 0. The number of rotatable bonds is 4. The normalized spacial score (nSPS) is 18.7. The average molecular weight is 215 g/mol. The molecule has 1 amide bonds. The first-order chi connectivity index (χ1) is 7.24. The van der Waals surface area contributed by atoms with Gasteiger partial charge in [-0.3, -0.25) is 0 Å². The van der Waals surface area contributed by atoms with Crippen LogP contribution in [0, 0.1) is 5.92 Å². The van der Waals surface area contributed by atoms with Gasteiger partial charge in [-0.05, 0) is 12.3 Å². The molecule has 4 nitrogen and oxygen atoms in total. The molecule has 1 fully saturated rings. The fourth-order valence-corrected chi connectivity index (χ4v) is 1.39. The van der Waals surface area contributed by atoms with E-state index in [4.69, 9.17) is 9.47 Å². The number of hydrogen-bond donors (Lipinski definition) is 0. The molecule has 1 saturated heterocycles. The van der Waals surface area contributed by atoms with Crippen molar-refractivity contribution in [2.45, 2.75) is 26.7 Å². The van der Waals surface area contributed by atoms with E-state index in [1.54, 1.807) is 4.90 Å². The lowest BCUT2D eigenvalue weighted by Gasteiger charge is -2.26. The van der Waals surface area contributed by atoms with Crippen LogP contribution < -0.4 is 0 Å². The average Bonchev–Trinajstić information content (AvgIpc) is 2.29. The second-order valence-corrected chi connectivity index (χ2v) is 4.02. The Morgan fingerprint density at radius 2 is 2.13 bits per heavy atom. The lowest BCUT2D eigenvalue weighted by Crippen LogP contribution is -2.41. The summed E-state index contributed by atoms with van der Waals surface area (Å²) in [5.41, 5.74) is 0. The molecule has 1 aliphatic heterocycles. The summed E-state index contributed by atoms with van der Waals surface area (Å²) in [6.07, 6.45) is 1.89. The molecule has 15 heavy (non-hydrogen) atoms. The van der Waals surface area contributed by atoms with Gasteiger partial charge < -0.3 is 14.4 Å². The molecule has 0 radical (unpaired) electrons. The van der Waals surface area contributed by atoms with Crippen LogP contribution in [-0.4, -0.2) is 43.9 Å². The third-order valence-electron chi connectivity index (χ3n) is 2.80. The summed E-state index contributed by atoms with van der Waals surface area (Å²) in [4.78, 5) is 13.2. The number of ether oxygens (including phenoxy) is 2. The van der Waals surface area contributed by atoms with Gasteiger partial charge in [0.15, 0.2) is 0 Å². The molecule has 1 unspecified atom stereocenters. The van der Waals surface area contributed by atoms with Crippen molar-refractivity contribution in [2.75, 3.05) is 32.9 Å². The topological polar surface area (TPSA) is 38.8 Å². The van der Waals surface area contributed by atoms with Gasteiger partial charge in [-0.25, -0.2) is 4.79 Å². The van der Waals surface area contributed by atoms with Crippen molar-refractivity contribution in [3.8, 4) is 0 Å². The van der Waals surface area contributed by atoms with Crippen molar-refractivity contribution in [3.63, 3.8) is 0 Å². The molecule has 0 bridgehead atoms. The smallest absolute Gasteiger partial charge is 0.409 e.